The fourth-order valence-electron chi connectivity index (χ4n) is 1.77. The zero-order valence-electron chi connectivity index (χ0n) is 9.21. The van der Waals surface area contributed by atoms with Gasteiger partial charge in [-0.15, -0.1) is 0 Å². The molecule has 0 saturated heterocycles. The molecule has 86 valence electrons. The van der Waals surface area contributed by atoms with E-state index in [1.54, 1.807) is 0 Å². The van der Waals surface area contributed by atoms with E-state index in [2.05, 4.69) is 17.9 Å². The minimum absolute atomic E-state index is 0.151. The smallest absolute Gasteiger partial charge is 0.276 e. The van der Waals surface area contributed by atoms with E-state index in [0.717, 1.165) is 11.1 Å². The Morgan fingerprint density at radius 2 is 1.29 bits per heavy atom. The van der Waals surface area contributed by atoms with Gasteiger partial charge in [-0.05, 0) is 11.1 Å². The molecule has 2 aromatic rings. The van der Waals surface area contributed by atoms with Gasteiger partial charge < -0.3 is 5.32 Å². The third-order valence-corrected chi connectivity index (χ3v) is 2.66. The van der Waals surface area contributed by atoms with Gasteiger partial charge in [0.25, 0.3) is 5.24 Å². The summed E-state index contributed by atoms with van der Waals surface area (Å²) >= 11 is 3.79. The molecule has 17 heavy (non-hydrogen) atoms. The number of hydrogen-bond acceptors (Lipinski definition) is 1. The highest BCUT2D eigenvalue weighted by Gasteiger charge is 2.14. The summed E-state index contributed by atoms with van der Waals surface area (Å²) in [6.45, 7) is 0. The van der Waals surface area contributed by atoms with Crippen LogP contribution in [-0.2, 0) is 0 Å². The van der Waals surface area contributed by atoms with Crippen molar-refractivity contribution >= 4 is 17.9 Å². The fourth-order valence-corrected chi connectivity index (χ4v) is 1.90. The van der Waals surface area contributed by atoms with E-state index in [4.69, 9.17) is 0 Å². The number of hydrogen-bond donors (Lipinski definition) is 2. The molecule has 3 heteroatoms. The number of nitrogens with one attached hydrogen (secondary N) is 1. The lowest BCUT2D eigenvalue weighted by molar-refractivity contribution is 0.259. The molecule has 0 saturated carbocycles. The lowest BCUT2D eigenvalue weighted by Gasteiger charge is -2.18. The Bertz CT molecular complexity index is 445. The van der Waals surface area contributed by atoms with Crippen LogP contribution in [0.25, 0.3) is 0 Å². The summed E-state index contributed by atoms with van der Waals surface area (Å²) < 4.78 is 0. The molecule has 0 atom stereocenters. The van der Waals surface area contributed by atoms with Crippen molar-refractivity contribution < 1.29 is 4.79 Å². The molecule has 2 rings (SSSR count). The molecule has 2 aromatic carbocycles. The van der Waals surface area contributed by atoms with Crippen molar-refractivity contribution in [2.24, 2.45) is 0 Å². The minimum atomic E-state index is -0.331. The molecule has 1 amide bonds. The first-order valence-corrected chi connectivity index (χ1v) is 5.81. The Morgan fingerprint density at radius 3 is 1.65 bits per heavy atom. The van der Waals surface area contributed by atoms with Crippen LogP contribution in [0.15, 0.2) is 60.7 Å². The van der Waals surface area contributed by atoms with Crippen LogP contribution >= 0.6 is 12.6 Å². The highest BCUT2D eigenvalue weighted by Crippen LogP contribution is 2.21. The first-order valence-electron chi connectivity index (χ1n) is 5.37. The Labute approximate surface area is 106 Å². The average molecular weight is 243 g/mol. The molecule has 0 fully saturated rings. The monoisotopic (exact) mass is 243 g/mol. The Kier molecular flexibility index (Phi) is 3.83. The van der Waals surface area contributed by atoms with Gasteiger partial charge in [-0.2, -0.15) is 0 Å². The third kappa shape index (κ3) is 3.11. The van der Waals surface area contributed by atoms with Gasteiger partial charge in [0.05, 0.1) is 6.04 Å². The summed E-state index contributed by atoms with van der Waals surface area (Å²) in [6, 6.07) is 19.5. The number of thiol groups is 1. The lowest BCUT2D eigenvalue weighted by Crippen LogP contribution is -2.24. The van der Waals surface area contributed by atoms with Crippen LogP contribution in [0.3, 0.4) is 0 Å². The minimum Gasteiger partial charge on any atom is -0.336 e. The highest BCUT2D eigenvalue weighted by atomic mass is 32.1. The fraction of sp³-hybridized carbons (Fsp3) is 0.0714. The lowest BCUT2D eigenvalue weighted by atomic mass is 9.99. The van der Waals surface area contributed by atoms with Crippen LogP contribution < -0.4 is 5.32 Å². The van der Waals surface area contributed by atoms with E-state index in [1.165, 1.54) is 0 Å². The van der Waals surface area contributed by atoms with Gasteiger partial charge in [-0.25, -0.2) is 0 Å². The first-order chi connectivity index (χ1) is 8.27. The molecule has 0 bridgehead atoms. The van der Waals surface area contributed by atoms with Gasteiger partial charge in [0.15, 0.2) is 0 Å². The van der Waals surface area contributed by atoms with Crippen LogP contribution in [-0.4, -0.2) is 5.24 Å². The maximum atomic E-state index is 11.2. The predicted octanol–water partition coefficient (Wildman–Crippen LogP) is 3.42. The second-order valence-electron chi connectivity index (χ2n) is 3.70. The van der Waals surface area contributed by atoms with E-state index in [0.29, 0.717) is 0 Å². The van der Waals surface area contributed by atoms with E-state index in [9.17, 15) is 4.79 Å². The Hall–Kier alpha value is -1.74. The van der Waals surface area contributed by atoms with Gasteiger partial charge >= 0.3 is 0 Å². The molecule has 2 nitrogen and oxygen atoms in total. The zero-order chi connectivity index (χ0) is 12.1. The van der Waals surface area contributed by atoms with E-state index in [1.807, 2.05) is 60.7 Å². The second kappa shape index (κ2) is 5.55. The van der Waals surface area contributed by atoms with Crippen LogP contribution in [0.4, 0.5) is 4.79 Å². The SMILES string of the molecule is O=C(S)NC(c1ccccc1)c1ccccc1. The molecular formula is C14H13NOS. The van der Waals surface area contributed by atoms with Gasteiger partial charge in [-0.3, -0.25) is 4.79 Å². The van der Waals surface area contributed by atoms with Crippen LogP contribution in [0.2, 0.25) is 0 Å². The number of benzene rings is 2. The predicted molar refractivity (Wildman–Crippen MR) is 72.2 cm³/mol. The summed E-state index contributed by atoms with van der Waals surface area (Å²) in [5, 5.41) is 2.51. The van der Waals surface area contributed by atoms with Crippen molar-refractivity contribution in [2.45, 2.75) is 6.04 Å². The largest absolute Gasteiger partial charge is 0.336 e. The van der Waals surface area contributed by atoms with Crippen molar-refractivity contribution in [1.29, 1.82) is 0 Å². The van der Waals surface area contributed by atoms with Crippen LogP contribution in [0.5, 0.6) is 0 Å². The van der Waals surface area contributed by atoms with E-state index in [-0.39, 0.29) is 11.3 Å². The molecule has 0 aliphatic carbocycles. The quantitative estimate of drug-likeness (QED) is 0.795. The van der Waals surface area contributed by atoms with Crippen molar-refractivity contribution in [1.82, 2.24) is 5.32 Å². The molecule has 0 aromatic heterocycles. The topological polar surface area (TPSA) is 29.1 Å². The number of carbonyl (C=O) groups is 1. The van der Waals surface area contributed by atoms with Gasteiger partial charge in [0.2, 0.25) is 0 Å². The number of amides is 1. The Balaban J connectivity index is 2.36. The molecule has 0 aliphatic rings. The molecule has 0 aliphatic heterocycles. The van der Waals surface area contributed by atoms with Crippen molar-refractivity contribution in [3.63, 3.8) is 0 Å². The molecule has 0 radical (unpaired) electrons. The standard InChI is InChI=1S/C14H13NOS/c16-14(17)15-13(11-7-3-1-4-8-11)12-9-5-2-6-10-12/h1-10,13H,(H2,15,16,17). The third-order valence-electron chi connectivity index (χ3n) is 2.53. The Morgan fingerprint density at radius 1 is 0.882 bits per heavy atom. The maximum absolute atomic E-state index is 11.2. The molecule has 0 unspecified atom stereocenters. The van der Waals surface area contributed by atoms with Gasteiger partial charge in [0, 0.05) is 0 Å². The van der Waals surface area contributed by atoms with Crippen molar-refractivity contribution in [2.75, 3.05) is 0 Å². The van der Waals surface area contributed by atoms with Crippen molar-refractivity contribution in [3.8, 4) is 0 Å². The maximum Gasteiger partial charge on any atom is 0.276 e. The van der Waals surface area contributed by atoms with Gasteiger partial charge in [-0.1, -0.05) is 73.3 Å². The summed E-state index contributed by atoms with van der Waals surface area (Å²) in [6.07, 6.45) is 0. The molecular weight excluding hydrogens is 230 g/mol. The normalized spacial score (nSPS) is 10.2. The van der Waals surface area contributed by atoms with Gasteiger partial charge in [0.1, 0.15) is 0 Å². The molecule has 0 heterocycles. The summed E-state index contributed by atoms with van der Waals surface area (Å²) in [5.41, 5.74) is 2.09. The average Bonchev–Trinajstić information content (AvgIpc) is 2.38. The number of rotatable bonds is 3. The van der Waals surface area contributed by atoms with E-state index < -0.39 is 0 Å². The summed E-state index contributed by atoms with van der Waals surface area (Å²) in [7, 11) is 0. The molecule has 1 N–H and O–H groups in total. The highest BCUT2D eigenvalue weighted by molar-refractivity contribution is 7.96. The summed E-state index contributed by atoms with van der Waals surface area (Å²) in [5.74, 6) is 0. The molecule has 0 spiro atoms. The summed E-state index contributed by atoms with van der Waals surface area (Å²) in [4.78, 5) is 11.2. The zero-order valence-corrected chi connectivity index (χ0v) is 10.1. The second-order valence-corrected chi connectivity index (χ2v) is 4.11. The van der Waals surface area contributed by atoms with Crippen molar-refractivity contribution in [3.05, 3.63) is 71.8 Å². The van der Waals surface area contributed by atoms with Crippen LogP contribution in [0, 0.1) is 0 Å². The van der Waals surface area contributed by atoms with Crippen LogP contribution in [0.1, 0.15) is 17.2 Å². The first kappa shape index (κ1) is 11.7. The van der Waals surface area contributed by atoms with E-state index >= 15 is 0 Å². The number of carbonyl (C=O) groups excluding carboxylic acids is 1.